The molecule has 0 spiro atoms. The van der Waals surface area contributed by atoms with E-state index >= 15 is 0 Å². The summed E-state index contributed by atoms with van der Waals surface area (Å²) in [5.41, 5.74) is -0.726. The minimum absolute atomic E-state index is 0.0211. The molecule has 0 saturated heterocycles. The molecule has 2 heterocycles. The molecule has 1 N–H and O–H groups in total. The van der Waals surface area contributed by atoms with Crippen LogP contribution in [0.3, 0.4) is 0 Å². The molecular weight excluding hydrogens is 441 g/mol. The second-order valence-electron chi connectivity index (χ2n) is 7.13. The number of hydrogen-bond donors (Lipinski definition) is 1. The first-order chi connectivity index (χ1) is 15.7. The van der Waals surface area contributed by atoms with Gasteiger partial charge in [0, 0.05) is 11.3 Å². The van der Waals surface area contributed by atoms with Crippen LogP contribution in [0.15, 0.2) is 57.8 Å². The number of ether oxygens (including phenoxy) is 1. The zero-order chi connectivity index (χ0) is 23.8. The number of aryl methyl sites for hydroxylation is 1. The molecule has 0 saturated carbocycles. The highest BCUT2D eigenvalue weighted by atomic mass is 19.4. The topological polar surface area (TPSA) is 99.2 Å². The van der Waals surface area contributed by atoms with Crippen LogP contribution in [0.1, 0.15) is 11.3 Å². The van der Waals surface area contributed by atoms with E-state index in [-0.39, 0.29) is 11.2 Å². The largest absolute Gasteiger partial charge is 0.497 e. The minimum atomic E-state index is -4.55. The summed E-state index contributed by atoms with van der Waals surface area (Å²) in [4.78, 5) is 25.4. The van der Waals surface area contributed by atoms with E-state index in [9.17, 15) is 22.8 Å². The van der Waals surface area contributed by atoms with Crippen molar-refractivity contribution in [1.82, 2.24) is 14.9 Å². The first-order valence-electron chi connectivity index (χ1n) is 9.66. The molecule has 33 heavy (non-hydrogen) atoms. The Hall–Kier alpha value is -4.15. The molecule has 8 nitrogen and oxygen atoms in total. The summed E-state index contributed by atoms with van der Waals surface area (Å²) in [6.07, 6.45) is -4.55. The second kappa shape index (κ2) is 8.41. The van der Waals surface area contributed by atoms with Gasteiger partial charge < -0.3 is 14.6 Å². The van der Waals surface area contributed by atoms with Crippen LogP contribution in [0.4, 0.5) is 18.9 Å². The average Bonchev–Trinajstić information content (AvgIpc) is 3.17. The number of nitrogens with zero attached hydrogens (tertiary/aromatic N) is 3. The zero-order valence-corrected chi connectivity index (χ0v) is 17.4. The van der Waals surface area contributed by atoms with Crippen LogP contribution in [-0.4, -0.2) is 28.0 Å². The number of methoxy groups -OCH3 is 1. The highest BCUT2D eigenvalue weighted by Crippen LogP contribution is 2.31. The number of halogens is 3. The van der Waals surface area contributed by atoms with E-state index < -0.39 is 29.8 Å². The van der Waals surface area contributed by atoms with Crippen molar-refractivity contribution in [2.75, 3.05) is 12.4 Å². The van der Waals surface area contributed by atoms with Gasteiger partial charge in [-0.05, 0) is 37.3 Å². The lowest BCUT2D eigenvalue weighted by Gasteiger charge is -2.11. The smallest absolute Gasteiger partial charge is 0.416 e. The van der Waals surface area contributed by atoms with Crippen LogP contribution in [0.5, 0.6) is 5.75 Å². The van der Waals surface area contributed by atoms with Gasteiger partial charge in [-0.15, -0.1) is 0 Å². The van der Waals surface area contributed by atoms with Crippen LogP contribution in [0.2, 0.25) is 0 Å². The molecule has 11 heteroatoms. The van der Waals surface area contributed by atoms with Crippen molar-refractivity contribution in [1.29, 1.82) is 0 Å². The van der Waals surface area contributed by atoms with Crippen molar-refractivity contribution in [3.05, 3.63) is 70.2 Å². The fraction of sp³-hybridized carbons (Fsp3) is 0.182. The molecule has 0 aliphatic rings. The molecule has 2 aromatic heterocycles. The number of hydrogen-bond acceptors (Lipinski definition) is 6. The fourth-order valence-electron chi connectivity index (χ4n) is 3.32. The fourth-order valence-corrected chi connectivity index (χ4v) is 3.32. The Balaban J connectivity index is 1.71. The van der Waals surface area contributed by atoms with Crippen LogP contribution in [0, 0.1) is 6.92 Å². The lowest BCUT2D eigenvalue weighted by Crippen LogP contribution is -2.30. The molecule has 0 bridgehead atoms. The normalized spacial score (nSPS) is 11.5. The summed E-state index contributed by atoms with van der Waals surface area (Å²) in [6, 6.07) is 11.1. The Morgan fingerprint density at radius 3 is 2.67 bits per heavy atom. The van der Waals surface area contributed by atoms with E-state index in [0.29, 0.717) is 28.2 Å². The van der Waals surface area contributed by atoms with E-state index in [4.69, 9.17) is 9.26 Å². The van der Waals surface area contributed by atoms with Gasteiger partial charge >= 0.3 is 6.18 Å². The van der Waals surface area contributed by atoms with Crippen molar-refractivity contribution in [2.45, 2.75) is 19.6 Å². The molecule has 4 aromatic rings. The number of alkyl halides is 3. The first kappa shape index (κ1) is 22.1. The maximum Gasteiger partial charge on any atom is 0.416 e. The molecule has 0 unspecified atom stereocenters. The molecule has 1 amide bonds. The predicted molar refractivity (Wildman–Crippen MR) is 113 cm³/mol. The highest BCUT2D eigenvalue weighted by molar-refractivity contribution is 5.94. The van der Waals surface area contributed by atoms with Gasteiger partial charge in [-0.1, -0.05) is 23.4 Å². The van der Waals surface area contributed by atoms with Crippen molar-refractivity contribution in [3.8, 4) is 17.0 Å². The molecule has 0 atom stereocenters. The lowest BCUT2D eigenvalue weighted by molar-refractivity contribution is -0.137. The lowest BCUT2D eigenvalue weighted by atomic mass is 10.1. The summed E-state index contributed by atoms with van der Waals surface area (Å²) in [5.74, 6) is 0.185. The average molecular weight is 458 g/mol. The van der Waals surface area contributed by atoms with Gasteiger partial charge in [-0.2, -0.15) is 18.3 Å². The molecular formula is C22H17F3N4O4. The number of nitrogens with one attached hydrogen (secondary N) is 1. The van der Waals surface area contributed by atoms with Gasteiger partial charge in [0.2, 0.25) is 5.91 Å². The molecule has 170 valence electrons. The molecule has 2 aromatic carbocycles. The highest BCUT2D eigenvalue weighted by Gasteiger charge is 2.30. The molecule has 0 radical (unpaired) electrons. The van der Waals surface area contributed by atoms with E-state index in [0.717, 1.165) is 16.8 Å². The predicted octanol–water partition coefficient (Wildman–Crippen LogP) is 4.03. The van der Waals surface area contributed by atoms with E-state index in [1.807, 2.05) is 0 Å². The van der Waals surface area contributed by atoms with Crippen LogP contribution in [-0.2, 0) is 17.5 Å². The monoisotopic (exact) mass is 458 g/mol. The number of carbonyl (C=O) groups excluding carboxylic acids is 1. The van der Waals surface area contributed by atoms with E-state index in [1.165, 1.54) is 19.2 Å². The van der Waals surface area contributed by atoms with Gasteiger partial charge in [0.05, 0.1) is 18.1 Å². The maximum absolute atomic E-state index is 12.9. The summed E-state index contributed by atoms with van der Waals surface area (Å²) in [7, 11) is 1.51. The third-order valence-corrected chi connectivity index (χ3v) is 4.87. The minimum Gasteiger partial charge on any atom is -0.497 e. The van der Waals surface area contributed by atoms with Gasteiger partial charge in [0.15, 0.2) is 5.52 Å². The van der Waals surface area contributed by atoms with Gasteiger partial charge in [0.25, 0.3) is 5.56 Å². The first-order valence-corrected chi connectivity index (χ1v) is 9.66. The van der Waals surface area contributed by atoms with Gasteiger partial charge in [0.1, 0.15) is 23.7 Å². The Kier molecular flexibility index (Phi) is 5.62. The molecule has 0 fully saturated rings. The third kappa shape index (κ3) is 4.43. The van der Waals surface area contributed by atoms with Gasteiger partial charge in [-0.3, -0.25) is 9.59 Å². The van der Waals surface area contributed by atoms with Crippen molar-refractivity contribution in [2.24, 2.45) is 0 Å². The number of benzene rings is 2. The van der Waals surface area contributed by atoms with Gasteiger partial charge in [-0.25, -0.2) is 4.68 Å². The van der Waals surface area contributed by atoms with Crippen LogP contribution < -0.4 is 15.6 Å². The molecule has 4 rings (SSSR count). The number of amides is 1. The number of anilines is 1. The zero-order valence-electron chi connectivity index (χ0n) is 17.4. The van der Waals surface area contributed by atoms with Crippen molar-refractivity contribution < 1.29 is 27.2 Å². The van der Waals surface area contributed by atoms with Crippen LogP contribution in [0.25, 0.3) is 22.2 Å². The standard InChI is InChI=1S/C22H17F3N4O4/c1-12-18-19(13-5-3-8-16(9-13)32-2)27-29(21(31)20(18)28-33-12)11-17(30)26-15-7-4-6-14(10-15)22(23,24)25/h3-10H,11H2,1-2H3,(H,26,30). The second-order valence-corrected chi connectivity index (χ2v) is 7.13. The number of aromatic nitrogens is 3. The Labute approximate surface area is 184 Å². The van der Waals surface area contributed by atoms with Crippen molar-refractivity contribution >= 4 is 22.5 Å². The number of carbonyl (C=O) groups is 1. The van der Waals surface area contributed by atoms with Crippen molar-refractivity contribution in [3.63, 3.8) is 0 Å². The van der Waals surface area contributed by atoms with E-state index in [2.05, 4.69) is 15.6 Å². The Morgan fingerprint density at radius 1 is 1.18 bits per heavy atom. The maximum atomic E-state index is 12.9. The molecule has 0 aliphatic carbocycles. The van der Waals surface area contributed by atoms with E-state index in [1.54, 1.807) is 31.2 Å². The summed E-state index contributed by atoms with van der Waals surface area (Å²) in [5, 5.41) is 10.9. The number of rotatable bonds is 5. The van der Waals surface area contributed by atoms with Crippen LogP contribution >= 0.6 is 0 Å². The summed E-state index contributed by atoms with van der Waals surface area (Å²) >= 11 is 0. The Morgan fingerprint density at radius 2 is 1.94 bits per heavy atom. The SMILES string of the molecule is COc1cccc(-c2nn(CC(=O)Nc3cccc(C(F)(F)F)c3)c(=O)c3noc(C)c23)c1. The quantitative estimate of drug-likeness (QED) is 0.485. The summed E-state index contributed by atoms with van der Waals surface area (Å²) in [6.45, 7) is 1.08. The number of fused-ring (bicyclic) bond motifs is 1. The Bertz CT molecular complexity index is 1410. The summed E-state index contributed by atoms with van der Waals surface area (Å²) < 4.78 is 50.1. The third-order valence-electron chi connectivity index (χ3n) is 4.87. The molecule has 0 aliphatic heterocycles.